The maximum Gasteiger partial charge on any atom is 0.00772 e. The summed E-state index contributed by atoms with van der Waals surface area (Å²) in [6.07, 6.45) is 0. The summed E-state index contributed by atoms with van der Waals surface area (Å²) < 4.78 is 0. The monoisotopic (exact) mass is 680 g/mol. The van der Waals surface area contributed by atoms with Crippen molar-refractivity contribution in [1.29, 1.82) is 0 Å². The Bertz CT molecular complexity index is 593. The van der Waals surface area contributed by atoms with E-state index in [0.717, 1.165) is 52.4 Å². The van der Waals surface area contributed by atoms with E-state index in [9.17, 15) is 0 Å². The summed E-state index contributed by atoms with van der Waals surface area (Å²) in [5.74, 6) is 0. The molecule has 43 heavy (non-hydrogen) atoms. The van der Waals surface area contributed by atoms with Crippen molar-refractivity contribution in [1.82, 2.24) is 16.0 Å². The molecular formula is C35H51Cl3N4Ti-8. The Morgan fingerprint density at radius 3 is 0.721 bits per heavy atom. The Kier molecular flexibility index (Phi) is 70.2. The Morgan fingerprint density at radius 2 is 0.558 bits per heavy atom. The van der Waals surface area contributed by atoms with Crippen LogP contribution in [0.5, 0.6) is 0 Å². The van der Waals surface area contributed by atoms with Crippen LogP contribution in [-0.2, 0) is 21.7 Å². The normalized spacial score (nSPS) is 11.2. The zero-order chi connectivity index (χ0) is 25.5. The second-order valence-electron chi connectivity index (χ2n) is 7.23. The molecule has 0 unspecified atom stereocenters. The van der Waals surface area contributed by atoms with Crippen LogP contribution in [0.25, 0.3) is 5.32 Å². The maximum atomic E-state index is 4.36. The molecule has 0 radical (unpaired) electrons. The summed E-state index contributed by atoms with van der Waals surface area (Å²) in [5, 5.41) is 14.4. The van der Waals surface area contributed by atoms with Crippen molar-refractivity contribution in [3.05, 3.63) is 173 Å². The summed E-state index contributed by atoms with van der Waals surface area (Å²) in [6.45, 7) is 8.14. The zero-order valence-electron chi connectivity index (χ0n) is 25.9. The second kappa shape index (κ2) is 52.9. The maximum absolute atomic E-state index is 4.36. The average molecular weight is 682 g/mol. The van der Waals surface area contributed by atoms with E-state index in [0.29, 0.717) is 0 Å². The molecule has 4 nitrogen and oxygen atoms in total. The van der Waals surface area contributed by atoms with E-state index in [1.165, 1.54) is 0 Å². The van der Waals surface area contributed by atoms with Crippen LogP contribution in [0.3, 0.4) is 0 Å². The molecule has 0 bridgehead atoms. The molecule has 244 valence electrons. The molecule has 1 aliphatic heterocycles. The van der Waals surface area contributed by atoms with E-state index >= 15 is 0 Å². The Hall–Kier alpha value is -1.70. The Labute approximate surface area is 298 Å². The molecule has 0 saturated carbocycles. The van der Waals surface area contributed by atoms with Gasteiger partial charge in [-0.15, -0.1) is 50.3 Å². The number of nitrogens with zero attached hydrogens (tertiary/aromatic N) is 1. The quantitative estimate of drug-likeness (QED) is 0.132. The van der Waals surface area contributed by atoms with Gasteiger partial charge >= 0.3 is 0 Å². The fourth-order valence-corrected chi connectivity index (χ4v) is 2.52. The molecular weight excluding hydrogens is 631 g/mol. The van der Waals surface area contributed by atoms with Crippen LogP contribution in [0.2, 0.25) is 0 Å². The minimum absolute atomic E-state index is 0. The Balaban J connectivity index is -0.0000000746. The molecule has 0 aromatic heterocycles. The van der Waals surface area contributed by atoms with Gasteiger partial charge in [-0.25, -0.2) is 0 Å². The van der Waals surface area contributed by atoms with Crippen molar-refractivity contribution in [2.24, 2.45) is 0 Å². The molecule has 1 heterocycles. The van der Waals surface area contributed by atoms with Gasteiger partial charge in [-0.2, -0.15) is 146 Å². The van der Waals surface area contributed by atoms with E-state index in [4.69, 9.17) is 0 Å². The largest absolute Gasteiger partial charge is 0.660 e. The van der Waals surface area contributed by atoms with Crippen molar-refractivity contribution >= 4 is 37.2 Å². The molecule has 1 fully saturated rings. The average Bonchev–Trinajstić information content (AvgIpc) is 2.98. The van der Waals surface area contributed by atoms with Crippen molar-refractivity contribution in [2.45, 2.75) is 0 Å². The van der Waals surface area contributed by atoms with Crippen LogP contribution in [-0.4, -0.2) is 52.4 Å². The number of hydrogen-bond donors (Lipinski definition) is 3. The van der Waals surface area contributed by atoms with Gasteiger partial charge in [0.05, 0.1) is 0 Å². The van der Waals surface area contributed by atoms with Crippen LogP contribution in [0, 0.1) is 46.5 Å². The third kappa shape index (κ3) is 50.3. The van der Waals surface area contributed by atoms with Crippen LogP contribution in [0.15, 0.2) is 121 Å². The minimum Gasteiger partial charge on any atom is -0.660 e. The Morgan fingerprint density at radius 1 is 0.349 bits per heavy atom. The molecule has 0 amide bonds. The van der Waals surface area contributed by atoms with Gasteiger partial charge in [0.15, 0.2) is 0 Å². The molecule has 0 aliphatic carbocycles. The van der Waals surface area contributed by atoms with Crippen molar-refractivity contribution in [3.8, 4) is 0 Å². The zero-order valence-corrected chi connectivity index (χ0v) is 29.9. The fourth-order valence-electron chi connectivity index (χ4n) is 2.52. The first-order valence-corrected chi connectivity index (χ1v) is 12.4. The molecule has 0 spiro atoms. The van der Waals surface area contributed by atoms with Gasteiger partial charge in [-0.1, -0.05) is 0 Å². The van der Waals surface area contributed by atoms with Gasteiger partial charge in [-0.3, -0.25) is 0 Å². The standard InChI is InChI=1S/C8H19N4.4C6H5.3CH3.3ClH.Ti/c1-2-10-5-6-12-8-7-11-4-3-9-1;4*1-2-4-6-5-3-1;;;;;;;/h9-11H,1-8H2;4*1-5H;3*1H3;3*1H;/q8*-1;;;;. The van der Waals surface area contributed by atoms with Crippen molar-refractivity contribution in [2.75, 3.05) is 52.4 Å². The molecule has 1 saturated heterocycles. The van der Waals surface area contributed by atoms with Crippen LogP contribution < -0.4 is 16.0 Å². The van der Waals surface area contributed by atoms with E-state index < -0.39 is 0 Å². The minimum atomic E-state index is 0. The number of benzene rings is 4. The summed E-state index contributed by atoms with van der Waals surface area (Å²) in [7, 11) is 0. The molecule has 8 heteroatoms. The van der Waals surface area contributed by atoms with Crippen LogP contribution >= 0.6 is 37.2 Å². The third-order valence-corrected chi connectivity index (χ3v) is 4.28. The molecule has 4 aromatic rings. The van der Waals surface area contributed by atoms with Gasteiger partial charge in [-0.05, 0) is 13.1 Å². The first kappa shape index (κ1) is 57.0. The molecule has 5 rings (SSSR count). The first-order valence-electron chi connectivity index (χ1n) is 12.4. The molecule has 3 N–H and O–H groups in total. The van der Waals surface area contributed by atoms with Crippen LogP contribution in [0.4, 0.5) is 0 Å². The van der Waals surface area contributed by atoms with Gasteiger partial charge in [0.1, 0.15) is 0 Å². The predicted molar refractivity (Wildman–Crippen MR) is 194 cm³/mol. The van der Waals surface area contributed by atoms with E-state index in [1.807, 2.05) is 121 Å². The predicted octanol–water partition coefficient (Wildman–Crippen LogP) is 7.70. The SMILES string of the molecule is C1CNCCNCCNCC[N-]1.Cl.Cl.Cl.[CH3-].[CH3-].[CH3-].[Ti].[c-]1ccccc1.[c-]1ccccc1.[c-]1ccccc1.[c-]1ccccc1. The smallest absolute Gasteiger partial charge is 0.00772 e. The van der Waals surface area contributed by atoms with Gasteiger partial charge in [0.2, 0.25) is 0 Å². The van der Waals surface area contributed by atoms with Gasteiger partial charge in [0.25, 0.3) is 0 Å². The van der Waals surface area contributed by atoms with E-state index in [1.54, 1.807) is 0 Å². The van der Waals surface area contributed by atoms with Crippen LogP contribution in [0.1, 0.15) is 0 Å². The van der Waals surface area contributed by atoms with Crippen molar-refractivity contribution in [3.63, 3.8) is 0 Å². The van der Waals surface area contributed by atoms with Crippen molar-refractivity contribution < 1.29 is 21.7 Å². The van der Waals surface area contributed by atoms with E-state index in [2.05, 4.69) is 45.5 Å². The topological polar surface area (TPSA) is 50.2 Å². The number of nitrogens with one attached hydrogen (secondary N) is 3. The summed E-state index contributed by atoms with van der Waals surface area (Å²) in [6, 6.07) is 50.0. The number of hydrogen-bond acceptors (Lipinski definition) is 3. The number of rotatable bonds is 0. The fraction of sp³-hybridized carbons (Fsp3) is 0.229. The summed E-state index contributed by atoms with van der Waals surface area (Å²) in [4.78, 5) is 0. The second-order valence-corrected chi connectivity index (χ2v) is 7.23. The van der Waals surface area contributed by atoms with Gasteiger partial charge in [0, 0.05) is 47.9 Å². The van der Waals surface area contributed by atoms with Gasteiger partial charge < -0.3 is 43.5 Å². The third-order valence-electron chi connectivity index (χ3n) is 4.28. The number of halogens is 3. The summed E-state index contributed by atoms with van der Waals surface area (Å²) in [5.41, 5.74) is 0. The first-order chi connectivity index (χ1) is 18.0. The summed E-state index contributed by atoms with van der Waals surface area (Å²) >= 11 is 0. The molecule has 0 atom stereocenters. The molecule has 1 aliphatic rings. The molecule has 4 aromatic carbocycles. The van der Waals surface area contributed by atoms with E-state index in [-0.39, 0.29) is 81.2 Å².